The van der Waals surface area contributed by atoms with E-state index in [1.165, 1.54) is 10.4 Å². The van der Waals surface area contributed by atoms with Crippen molar-refractivity contribution in [2.24, 2.45) is 0 Å². The van der Waals surface area contributed by atoms with Gasteiger partial charge >= 0.3 is 0 Å². The van der Waals surface area contributed by atoms with Crippen molar-refractivity contribution in [2.45, 2.75) is 30.3 Å². The lowest BCUT2D eigenvalue weighted by Crippen LogP contribution is -2.34. The van der Waals surface area contributed by atoms with E-state index in [1.807, 2.05) is 0 Å². The van der Waals surface area contributed by atoms with Crippen LogP contribution in [0.4, 0.5) is 0 Å². The molecule has 2 aliphatic rings. The van der Waals surface area contributed by atoms with Gasteiger partial charge in [-0.25, -0.2) is 8.42 Å². The number of fused-ring (bicyclic) bond motifs is 1. The highest BCUT2D eigenvalue weighted by molar-refractivity contribution is 7.89. The average Bonchev–Trinajstić information content (AvgIpc) is 3.26. The molecule has 25 heavy (non-hydrogen) atoms. The first-order valence-electron chi connectivity index (χ1n) is 7.78. The normalized spacial score (nSPS) is 23.6. The van der Waals surface area contributed by atoms with Crippen LogP contribution in [0.1, 0.15) is 23.7 Å². The van der Waals surface area contributed by atoms with Crippen LogP contribution in [0.2, 0.25) is 5.02 Å². The minimum absolute atomic E-state index is 0.0234. The van der Waals surface area contributed by atoms with Gasteiger partial charge in [0.25, 0.3) is 5.89 Å². The molecule has 0 bridgehead atoms. The van der Waals surface area contributed by atoms with Crippen LogP contribution in [0.15, 0.2) is 21.6 Å². The van der Waals surface area contributed by atoms with Gasteiger partial charge in [-0.1, -0.05) is 16.8 Å². The smallest absolute Gasteiger partial charge is 0.260 e. The van der Waals surface area contributed by atoms with Crippen LogP contribution in [0.5, 0.6) is 5.75 Å². The maximum atomic E-state index is 13.1. The van der Waals surface area contributed by atoms with Crippen molar-refractivity contribution in [2.75, 3.05) is 19.7 Å². The molecule has 4 rings (SSSR count). The third kappa shape index (κ3) is 2.71. The van der Waals surface area contributed by atoms with Gasteiger partial charge in [-0.15, -0.1) is 0 Å². The Morgan fingerprint density at radius 3 is 2.92 bits per heavy atom. The summed E-state index contributed by atoms with van der Waals surface area (Å²) in [5.74, 6) is 0.745. The molecule has 8 nitrogen and oxygen atoms in total. The fourth-order valence-electron chi connectivity index (χ4n) is 3.19. The molecule has 1 aromatic carbocycles. The largest absolute Gasteiger partial charge is 0.492 e. The highest BCUT2D eigenvalue weighted by Gasteiger charge is 2.47. The van der Waals surface area contributed by atoms with E-state index in [4.69, 9.17) is 20.9 Å². The summed E-state index contributed by atoms with van der Waals surface area (Å²) in [4.78, 5) is 4.06. The maximum absolute atomic E-state index is 13.1. The molecule has 0 saturated carbocycles. The van der Waals surface area contributed by atoms with E-state index in [0.717, 1.165) is 5.56 Å². The molecular weight excluding hydrogens is 370 g/mol. The van der Waals surface area contributed by atoms with Crippen molar-refractivity contribution in [1.82, 2.24) is 14.4 Å². The lowest BCUT2D eigenvalue weighted by atomic mass is 10.0. The molecule has 1 N–H and O–H groups in total. The van der Waals surface area contributed by atoms with Crippen molar-refractivity contribution in [3.63, 3.8) is 0 Å². The third-order valence-corrected chi connectivity index (χ3v) is 6.54. The first-order chi connectivity index (χ1) is 11.8. The summed E-state index contributed by atoms with van der Waals surface area (Å²) in [7, 11) is -3.88. The Morgan fingerprint density at radius 1 is 1.40 bits per heavy atom. The van der Waals surface area contributed by atoms with Crippen LogP contribution in [0.25, 0.3) is 0 Å². The summed E-state index contributed by atoms with van der Waals surface area (Å²) in [6, 6.07) is 3.10. The van der Waals surface area contributed by atoms with Crippen molar-refractivity contribution >= 4 is 21.6 Å². The van der Waals surface area contributed by atoms with Gasteiger partial charge in [-0.2, -0.15) is 9.29 Å². The van der Waals surface area contributed by atoms with Gasteiger partial charge < -0.3 is 14.4 Å². The first-order valence-corrected chi connectivity index (χ1v) is 9.60. The number of aryl methyl sites for hydroxylation is 1. The van der Waals surface area contributed by atoms with Crippen LogP contribution in [0, 0.1) is 6.92 Å². The van der Waals surface area contributed by atoms with Crippen molar-refractivity contribution in [3.05, 3.63) is 34.4 Å². The number of halogens is 1. The van der Waals surface area contributed by atoms with Crippen LogP contribution in [0.3, 0.4) is 0 Å². The van der Waals surface area contributed by atoms with Crippen molar-refractivity contribution in [3.8, 4) is 5.75 Å². The summed E-state index contributed by atoms with van der Waals surface area (Å²) < 4.78 is 37.9. The van der Waals surface area contributed by atoms with Crippen LogP contribution < -0.4 is 4.74 Å². The van der Waals surface area contributed by atoms with Gasteiger partial charge in [0.2, 0.25) is 10.0 Å². The quantitative estimate of drug-likeness (QED) is 0.847. The number of hydrogen-bond acceptors (Lipinski definition) is 7. The summed E-state index contributed by atoms with van der Waals surface area (Å²) in [6.07, 6.45) is 0.779. The maximum Gasteiger partial charge on any atom is 0.260 e. The zero-order valence-corrected chi connectivity index (χ0v) is 15.0. The van der Waals surface area contributed by atoms with E-state index in [2.05, 4.69) is 10.1 Å². The van der Waals surface area contributed by atoms with E-state index in [9.17, 15) is 13.5 Å². The number of hydrogen-bond donors (Lipinski definition) is 1. The number of aromatic nitrogens is 2. The molecule has 0 unspecified atom stereocenters. The molecular formula is C15H16ClN3O5S. The Labute approximate surface area is 149 Å². The minimum atomic E-state index is -3.88. The number of benzene rings is 1. The first kappa shape index (κ1) is 16.8. The minimum Gasteiger partial charge on any atom is -0.492 e. The van der Waals surface area contributed by atoms with Crippen LogP contribution >= 0.6 is 11.6 Å². The Morgan fingerprint density at radius 2 is 2.20 bits per heavy atom. The number of ether oxygens (including phenoxy) is 1. The van der Waals surface area contributed by atoms with Gasteiger partial charge in [0, 0.05) is 30.0 Å². The van der Waals surface area contributed by atoms with Crippen LogP contribution in [-0.2, 0) is 22.0 Å². The lowest BCUT2D eigenvalue weighted by Gasteiger charge is -2.20. The fraction of sp³-hybridized carbons (Fsp3) is 0.467. The van der Waals surface area contributed by atoms with Gasteiger partial charge in [-0.3, -0.25) is 0 Å². The molecule has 134 valence electrons. The van der Waals surface area contributed by atoms with Gasteiger partial charge in [-0.05, 0) is 19.1 Å². The third-order valence-electron chi connectivity index (χ3n) is 4.47. The SMILES string of the molecule is Cc1noc([C@]2(O)CCN(S(=O)(=O)c3cc(Cl)cc4c3OCC4)C2)n1. The number of nitrogens with zero attached hydrogens (tertiary/aromatic N) is 3. The van der Waals surface area contributed by atoms with Gasteiger partial charge in [0.05, 0.1) is 13.2 Å². The van der Waals surface area contributed by atoms with Gasteiger partial charge in [0.1, 0.15) is 10.6 Å². The van der Waals surface area contributed by atoms with Crippen molar-refractivity contribution in [1.29, 1.82) is 0 Å². The molecule has 2 aromatic rings. The van der Waals surface area contributed by atoms with Crippen LogP contribution in [-0.4, -0.2) is 47.7 Å². The lowest BCUT2D eigenvalue weighted by molar-refractivity contribution is 0.0194. The molecule has 1 aromatic heterocycles. The molecule has 0 aliphatic carbocycles. The predicted molar refractivity (Wildman–Crippen MR) is 87.0 cm³/mol. The number of rotatable bonds is 3. The second-order valence-electron chi connectivity index (χ2n) is 6.26. The summed E-state index contributed by atoms with van der Waals surface area (Å²) >= 11 is 6.07. The topological polar surface area (TPSA) is 106 Å². The standard InChI is InChI=1S/C15H16ClN3O5S/c1-9-17-14(24-18-9)15(20)3-4-19(8-15)25(21,22)12-7-11(16)6-10-2-5-23-13(10)12/h6-7,20H,2-5,8H2,1H3/t15-/m0/s1. The number of aliphatic hydroxyl groups is 1. The van der Waals surface area contributed by atoms with E-state index in [1.54, 1.807) is 13.0 Å². The molecule has 0 amide bonds. The highest BCUT2D eigenvalue weighted by Crippen LogP contribution is 2.40. The zero-order valence-electron chi connectivity index (χ0n) is 13.4. The second kappa shape index (κ2) is 5.66. The summed E-state index contributed by atoms with van der Waals surface area (Å²) in [5.41, 5.74) is -0.732. The molecule has 1 fully saturated rings. The second-order valence-corrected chi connectivity index (χ2v) is 8.60. The fourth-order valence-corrected chi connectivity index (χ4v) is 5.19. The summed E-state index contributed by atoms with van der Waals surface area (Å²) in [6.45, 7) is 2.01. The molecule has 2 aliphatic heterocycles. The van der Waals surface area contributed by atoms with E-state index >= 15 is 0 Å². The number of sulfonamides is 1. The predicted octanol–water partition coefficient (Wildman–Crippen LogP) is 1.25. The Kier molecular flexibility index (Phi) is 3.80. The van der Waals surface area contributed by atoms with Gasteiger partial charge in [0.15, 0.2) is 11.4 Å². The van der Waals surface area contributed by atoms with E-state index in [0.29, 0.717) is 29.6 Å². The molecule has 0 spiro atoms. The zero-order chi connectivity index (χ0) is 17.8. The molecule has 1 saturated heterocycles. The molecule has 10 heteroatoms. The molecule has 1 atom stereocenters. The monoisotopic (exact) mass is 385 g/mol. The van der Waals surface area contributed by atoms with Crippen molar-refractivity contribution < 1.29 is 22.8 Å². The Bertz CT molecular complexity index is 945. The Hall–Kier alpha value is -1.68. The Balaban J connectivity index is 1.69. The van der Waals surface area contributed by atoms with E-state index < -0.39 is 15.6 Å². The molecule has 3 heterocycles. The number of β-amino-alcohol motifs (C(OH)–C–C–N with tert-alkyl or cyclic N) is 1. The average molecular weight is 386 g/mol. The highest BCUT2D eigenvalue weighted by atomic mass is 35.5. The summed E-state index contributed by atoms with van der Waals surface area (Å²) in [5, 5.41) is 14.7. The molecule has 0 radical (unpaired) electrons. The van der Waals surface area contributed by atoms with E-state index in [-0.39, 0.29) is 30.3 Å².